The summed E-state index contributed by atoms with van der Waals surface area (Å²) in [7, 11) is 1.58. The van der Waals surface area contributed by atoms with E-state index in [1.807, 2.05) is 18.2 Å². The molecule has 2 rings (SSSR count). The highest BCUT2D eigenvalue weighted by atomic mass is 35.5. The number of carbonyl (C=O) groups excluding carboxylic acids is 2. The second-order valence-electron chi connectivity index (χ2n) is 4.98. The molecule has 120 valence electrons. The van der Waals surface area contributed by atoms with Crippen molar-refractivity contribution < 1.29 is 14.3 Å². The first kappa shape index (κ1) is 17.6. The lowest BCUT2D eigenvalue weighted by molar-refractivity contribution is -0.109. The van der Waals surface area contributed by atoms with Gasteiger partial charge in [-0.25, -0.2) is 0 Å². The minimum Gasteiger partial charge on any atom is -0.497 e. The normalized spacial score (nSPS) is 11.8. The van der Waals surface area contributed by atoms with Gasteiger partial charge in [0, 0.05) is 29.2 Å². The molecule has 0 aliphatic carbocycles. The van der Waals surface area contributed by atoms with Crippen LogP contribution in [0, 0.1) is 0 Å². The molecule has 5 heteroatoms. The van der Waals surface area contributed by atoms with Gasteiger partial charge < -0.3 is 4.74 Å². The molecule has 0 saturated heterocycles. The molecule has 1 unspecified atom stereocenters. The Morgan fingerprint density at radius 3 is 2.35 bits per heavy atom. The summed E-state index contributed by atoms with van der Waals surface area (Å²) in [6.45, 7) is 1.49. The zero-order valence-corrected chi connectivity index (χ0v) is 14.5. The topological polar surface area (TPSA) is 43.4 Å². The van der Waals surface area contributed by atoms with Crippen LogP contribution < -0.4 is 4.74 Å². The van der Waals surface area contributed by atoms with Gasteiger partial charge in [0.1, 0.15) is 5.75 Å². The predicted molar refractivity (Wildman–Crippen MR) is 94.4 cm³/mol. The summed E-state index contributed by atoms with van der Waals surface area (Å²) < 4.78 is 5.09. The molecule has 0 bridgehead atoms. The molecule has 2 aromatic carbocycles. The first-order chi connectivity index (χ1) is 11.0. The first-order valence-electron chi connectivity index (χ1n) is 7.10. The number of hydrogen-bond acceptors (Lipinski definition) is 4. The maximum Gasteiger partial charge on any atom is 0.186 e. The van der Waals surface area contributed by atoms with E-state index >= 15 is 0 Å². The summed E-state index contributed by atoms with van der Waals surface area (Å²) >= 11 is 7.35. The van der Waals surface area contributed by atoms with Gasteiger partial charge in [0.2, 0.25) is 0 Å². The monoisotopic (exact) mass is 348 g/mol. The summed E-state index contributed by atoms with van der Waals surface area (Å²) in [5.41, 5.74) is 1.39. The van der Waals surface area contributed by atoms with Crippen molar-refractivity contribution in [2.24, 2.45) is 0 Å². The number of benzene rings is 2. The minimum absolute atomic E-state index is 0.0358. The fraction of sp³-hybridized carbons (Fsp3) is 0.222. The third-order valence-electron chi connectivity index (χ3n) is 3.34. The third kappa shape index (κ3) is 4.85. The van der Waals surface area contributed by atoms with E-state index in [-0.39, 0.29) is 22.6 Å². The summed E-state index contributed by atoms with van der Waals surface area (Å²) in [6.07, 6.45) is 0.209. The van der Waals surface area contributed by atoms with Crippen molar-refractivity contribution in [2.45, 2.75) is 18.6 Å². The Hall–Kier alpha value is -1.78. The number of ketones is 1. The number of thioether (sulfide) groups is 1. The molecule has 1 atom stereocenters. The number of Topliss-reactive ketones (excluding diaryl/α,β-unsaturated/α-hetero) is 1. The summed E-state index contributed by atoms with van der Waals surface area (Å²) in [5.74, 6) is 0.661. The average Bonchev–Trinajstić information content (AvgIpc) is 2.54. The molecular weight excluding hydrogens is 332 g/mol. The fourth-order valence-electron chi connectivity index (χ4n) is 2.21. The van der Waals surface area contributed by atoms with Crippen molar-refractivity contribution in [1.82, 2.24) is 0 Å². The molecule has 0 saturated carbocycles. The Bertz CT molecular complexity index is 698. The number of hydrogen-bond donors (Lipinski definition) is 0. The van der Waals surface area contributed by atoms with Crippen LogP contribution in [0.25, 0.3) is 0 Å². The second kappa shape index (κ2) is 8.18. The van der Waals surface area contributed by atoms with E-state index in [0.717, 1.165) is 17.3 Å². The molecule has 0 aliphatic rings. The van der Waals surface area contributed by atoms with E-state index in [9.17, 15) is 9.59 Å². The number of rotatable bonds is 6. The van der Waals surface area contributed by atoms with E-state index in [2.05, 4.69) is 0 Å². The SMILES string of the molecule is COc1ccc(C(=O)CC(SC(C)=O)c2ccccc2Cl)cc1. The molecule has 2 aromatic rings. The maximum absolute atomic E-state index is 12.5. The van der Waals surface area contributed by atoms with E-state index < -0.39 is 0 Å². The van der Waals surface area contributed by atoms with Crippen LogP contribution in [0.1, 0.15) is 34.5 Å². The Morgan fingerprint density at radius 2 is 1.78 bits per heavy atom. The Balaban J connectivity index is 2.21. The number of carbonyl (C=O) groups is 2. The Morgan fingerprint density at radius 1 is 1.13 bits per heavy atom. The summed E-state index contributed by atoms with van der Waals surface area (Å²) in [4.78, 5) is 24.0. The number of ether oxygens (including phenoxy) is 1. The van der Waals surface area contributed by atoms with E-state index in [0.29, 0.717) is 16.3 Å². The molecule has 0 aliphatic heterocycles. The van der Waals surface area contributed by atoms with Crippen molar-refractivity contribution in [1.29, 1.82) is 0 Å². The van der Waals surface area contributed by atoms with Gasteiger partial charge in [-0.2, -0.15) is 0 Å². The predicted octanol–water partition coefficient (Wildman–Crippen LogP) is 4.94. The standard InChI is InChI=1S/C18H17ClO3S/c1-12(20)23-18(15-5-3-4-6-16(15)19)11-17(21)13-7-9-14(22-2)10-8-13/h3-10,18H,11H2,1-2H3. The van der Waals surface area contributed by atoms with Crippen molar-refractivity contribution in [2.75, 3.05) is 7.11 Å². The number of methoxy groups -OCH3 is 1. The molecule has 0 radical (unpaired) electrons. The van der Waals surface area contributed by atoms with Crippen LogP contribution in [0.2, 0.25) is 5.02 Å². The highest BCUT2D eigenvalue weighted by Gasteiger charge is 2.21. The molecule has 23 heavy (non-hydrogen) atoms. The molecular formula is C18H17ClO3S. The van der Waals surface area contributed by atoms with Gasteiger partial charge >= 0.3 is 0 Å². The molecule has 0 fully saturated rings. The van der Waals surface area contributed by atoms with Gasteiger partial charge in [-0.3, -0.25) is 9.59 Å². The average molecular weight is 349 g/mol. The van der Waals surface area contributed by atoms with Gasteiger partial charge in [0.15, 0.2) is 10.9 Å². The largest absolute Gasteiger partial charge is 0.497 e. The minimum atomic E-state index is -0.296. The van der Waals surface area contributed by atoms with Gasteiger partial charge in [0.05, 0.1) is 7.11 Å². The lowest BCUT2D eigenvalue weighted by atomic mass is 10.0. The van der Waals surface area contributed by atoms with Crippen molar-refractivity contribution in [3.05, 3.63) is 64.7 Å². The van der Waals surface area contributed by atoms with Gasteiger partial charge in [-0.05, 0) is 35.9 Å². The van der Waals surface area contributed by atoms with Crippen LogP contribution in [0.3, 0.4) is 0 Å². The summed E-state index contributed by atoms with van der Waals surface area (Å²) in [6, 6.07) is 14.2. The van der Waals surface area contributed by atoms with E-state index in [4.69, 9.17) is 16.3 Å². The van der Waals surface area contributed by atoms with Crippen molar-refractivity contribution in [3.63, 3.8) is 0 Å². The van der Waals surface area contributed by atoms with Crippen LogP contribution >= 0.6 is 23.4 Å². The number of halogens is 1. The quantitative estimate of drug-likeness (QED) is 0.693. The maximum atomic E-state index is 12.5. The lowest BCUT2D eigenvalue weighted by Gasteiger charge is -2.16. The van der Waals surface area contributed by atoms with Gasteiger partial charge in [-0.1, -0.05) is 41.6 Å². The summed E-state index contributed by atoms with van der Waals surface area (Å²) in [5, 5.41) is 0.224. The highest BCUT2D eigenvalue weighted by Crippen LogP contribution is 2.37. The first-order valence-corrected chi connectivity index (χ1v) is 8.36. The second-order valence-corrected chi connectivity index (χ2v) is 6.76. The van der Waals surface area contributed by atoms with E-state index in [1.165, 1.54) is 6.92 Å². The van der Waals surface area contributed by atoms with Crippen molar-refractivity contribution >= 4 is 34.3 Å². The van der Waals surface area contributed by atoms with Gasteiger partial charge in [-0.15, -0.1) is 0 Å². The molecule has 0 amide bonds. The van der Waals surface area contributed by atoms with Crippen LogP contribution in [-0.4, -0.2) is 18.0 Å². The molecule has 0 aromatic heterocycles. The zero-order valence-electron chi connectivity index (χ0n) is 12.9. The molecule has 0 spiro atoms. The van der Waals surface area contributed by atoms with Crippen LogP contribution in [-0.2, 0) is 4.79 Å². The lowest BCUT2D eigenvalue weighted by Crippen LogP contribution is -2.07. The van der Waals surface area contributed by atoms with Gasteiger partial charge in [0.25, 0.3) is 0 Å². The Kier molecular flexibility index (Phi) is 6.25. The highest BCUT2D eigenvalue weighted by molar-refractivity contribution is 8.13. The third-order valence-corrected chi connectivity index (χ3v) is 4.72. The van der Waals surface area contributed by atoms with E-state index in [1.54, 1.807) is 37.4 Å². The molecule has 3 nitrogen and oxygen atoms in total. The fourth-order valence-corrected chi connectivity index (χ4v) is 3.51. The smallest absolute Gasteiger partial charge is 0.186 e. The molecule has 0 N–H and O–H groups in total. The van der Waals surface area contributed by atoms with Crippen LogP contribution in [0.15, 0.2) is 48.5 Å². The van der Waals surface area contributed by atoms with Crippen LogP contribution in [0.5, 0.6) is 5.75 Å². The zero-order chi connectivity index (χ0) is 16.8. The Labute approximate surface area is 145 Å². The molecule has 0 heterocycles. The van der Waals surface area contributed by atoms with Crippen LogP contribution in [0.4, 0.5) is 0 Å². The van der Waals surface area contributed by atoms with Crippen molar-refractivity contribution in [3.8, 4) is 5.75 Å².